The second kappa shape index (κ2) is 21.9. The highest BCUT2D eigenvalue weighted by molar-refractivity contribution is 7.22. The quantitative estimate of drug-likeness (QED) is 0.0821. The number of piperazine rings is 2. The van der Waals surface area contributed by atoms with Crippen molar-refractivity contribution in [3.05, 3.63) is 125 Å². The molecule has 3 saturated heterocycles. The predicted octanol–water partition coefficient (Wildman–Crippen LogP) is 6.89. The third-order valence-electron chi connectivity index (χ3n) is 15.9. The van der Waals surface area contributed by atoms with Crippen LogP contribution in [0.4, 0.5) is 16.6 Å². The van der Waals surface area contributed by atoms with E-state index in [0.717, 1.165) is 93.9 Å². The van der Waals surface area contributed by atoms with Gasteiger partial charge in [0.05, 0.1) is 34.6 Å². The van der Waals surface area contributed by atoms with Gasteiger partial charge in [0.15, 0.2) is 10.8 Å². The van der Waals surface area contributed by atoms with Crippen LogP contribution in [0, 0.1) is 6.92 Å². The molecule has 3 fully saturated rings. The Morgan fingerprint density at radius 3 is 2.43 bits per heavy atom. The van der Waals surface area contributed by atoms with E-state index in [9.17, 15) is 29.4 Å². The Kier molecular flexibility index (Phi) is 14.7. The molecule has 4 N–H and O–H groups in total. The van der Waals surface area contributed by atoms with Crippen LogP contribution in [-0.2, 0) is 29.6 Å². The molecule has 0 saturated carbocycles. The van der Waals surface area contributed by atoms with Crippen LogP contribution in [0.25, 0.3) is 32.2 Å². The Morgan fingerprint density at radius 1 is 0.870 bits per heavy atom. The van der Waals surface area contributed by atoms with Crippen molar-refractivity contribution < 1.29 is 34.1 Å². The van der Waals surface area contributed by atoms with Gasteiger partial charge < -0.3 is 39.9 Å². The standard InChI is InChI=1S/C58H65N11O7S/c1-35-29-40(14-16-41(35)42-17-19-50(60-54(42)57(74)75)68-23-21-38-9-7-10-43(46(38)33-68)55(72)62-58-59-47-11-5-6-12-49(47)77-58)76-28-8-22-65-31-36(2)69(37(3)32-65)34-52(71)67-26-24-66(25-27-67)39-13-15-44-48(30-39)64(4)63-53(44)45-18-20-51(70)61-56(45)73/h5-7,9-17,19,29-30,36-37,45,56,73H,8,18,20-28,31-34H2,1-4H3,(H,61,70)(H,74,75)(H,59,62,72). The maximum Gasteiger partial charge on any atom is 0.355 e. The summed E-state index contributed by atoms with van der Waals surface area (Å²) in [5.41, 5.74) is 8.31. The first-order valence-electron chi connectivity index (χ1n) is 26.7. The lowest BCUT2D eigenvalue weighted by molar-refractivity contribution is -0.135. The number of aryl methyl sites for hydroxylation is 2. The molecule has 4 aromatic carbocycles. The lowest BCUT2D eigenvalue weighted by Gasteiger charge is -2.45. The van der Waals surface area contributed by atoms with E-state index in [2.05, 4.69) is 62.4 Å². The molecule has 0 spiro atoms. The van der Waals surface area contributed by atoms with Gasteiger partial charge in [-0.2, -0.15) is 5.10 Å². The molecule has 0 bridgehead atoms. The lowest BCUT2D eigenvalue weighted by atomic mass is 9.92. The molecule has 4 atom stereocenters. The van der Waals surface area contributed by atoms with Crippen molar-refractivity contribution in [2.45, 2.75) is 77.2 Å². The minimum atomic E-state index is -1.12. The first-order chi connectivity index (χ1) is 37.2. The average Bonchev–Trinajstić information content (AvgIpc) is 4.08. The van der Waals surface area contributed by atoms with E-state index >= 15 is 0 Å². The van der Waals surface area contributed by atoms with Gasteiger partial charge >= 0.3 is 5.97 Å². The Labute approximate surface area is 451 Å². The number of nitrogens with one attached hydrogen (secondary N) is 2. The van der Waals surface area contributed by atoms with Crippen LogP contribution in [0.5, 0.6) is 5.75 Å². The molecule has 4 aliphatic heterocycles. The van der Waals surface area contributed by atoms with E-state index in [-0.39, 0.29) is 41.4 Å². The van der Waals surface area contributed by atoms with Crippen molar-refractivity contribution in [1.82, 2.24) is 39.8 Å². The van der Waals surface area contributed by atoms with E-state index in [1.54, 1.807) is 0 Å². The summed E-state index contributed by atoms with van der Waals surface area (Å²) >= 11 is 1.43. The molecule has 3 aromatic heterocycles. The molecule has 7 aromatic rings. The third-order valence-corrected chi connectivity index (χ3v) is 16.8. The average molecular weight is 1060 g/mol. The second-order valence-corrected chi connectivity index (χ2v) is 22.0. The number of fused-ring (bicyclic) bond motifs is 3. The van der Waals surface area contributed by atoms with E-state index in [1.165, 1.54) is 11.3 Å². The van der Waals surface area contributed by atoms with Gasteiger partial charge in [-0.3, -0.25) is 29.3 Å². The number of ether oxygens (including phenoxy) is 1. The fourth-order valence-corrected chi connectivity index (χ4v) is 12.7. The highest BCUT2D eigenvalue weighted by Gasteiger charge is 2.35. The molecule has 400 valence electrons. The van der Waals surface area contributed by atoms with Crippen molar-refractivity contribution in [3.8, 4) is 16.9 Å². The summed E-state index contributed by atoms with van der Waals surface area (Å²) in [7, 11) is 1.91. The highest BCUT2D eigenvalue weighted by atomic mass is 32.1. The minimum Gasteiger partial charge on any atom is -0.494 e. The molecule has 0 radical (unpaired) electrons. The van der Waals surface area contributed by atoms with E-state index in [1.807, 2.05) is 101 Å². The Bertz CT molecular complexity index is 3340. The molecular formula is C58H65N11O7S. The number of anilines is 3. The van der Waals surface area contributed by atoms with Gasteiger partial charge in [-0.15, -0.1) is 0 Å². The summed E-state index contributed by atoms with van der Waals surface area (Å²) in [6, 6.07) is 29.6. The summed E-state index contributed by atoms with van der Waals surface area (Å²) < 4.78 is 9.09. The summed E-state index contributed by atoms with van der Waals surface area (Å²) in [5, 5.41) is 32.9. The number of carbonyl (C=O) groups excluding carboxylic acids is 3. The molecule has 18 nitrogen and oxygen atoms in total. The maximum absolute atomic E-state index is 13.7. The van der Waals surface area contributed by atoms with Gasteiger partial charge in [0.2, 0.25) is 11.8 Å². The second-order valence-electron chi connectivity index (χ2n) is 21.0. The smallest absolute Gasteiger partial charge is 0.355 e. The molecule has 7 heterocycles. The van der Waals surface area contributed by atoms with Crippen molar-refractivity contribution in [2.24, 2.45) is 7.05 Å². The number of carboxylic acids is 1. The number of amides is 3. The highest BCUT2D eigenvalue weighted by Crippen LogP contribution is 2.36. The van der Waals surface area contributed by atoms with Crippen LogP contribution >= 0.6 is 11.3 Å². The first kappa shape index (κ1) is 51.6. The Hall–Kier alpha value is -7.45. The summed E-state index contributed by atoms with van der Waals surface area (Å²) in [4.78, 5) is 72.4. The third kappa shape index (κ3) is 10.8. The number of hydrogen-bond donors (Lipinski definition) is 4. The SMILES string of the molecule is Cc1cc(OCCCN2CC(C)N(CC(=O)N3CCN(c4ccc5c(C6CCC(=O)NC6O)nn(C)c5c4)CC3)C(C)C2)ccc1-c1ccc(N2CCc3cccc(C(=O)Nc4nc5ccccc5s4)c3C2)nc1C(=O)O. The number of hydrogen-bond acceptors (Lipinski definition) is 14. The fraction of sp³-hybridized carbons (Fsp3) is 0.397. The zero-order valence-corrected chi connectivity index (χ0v) is 44.8. The largest absolute Gasteiger partial charge is 0.494 e. The molecular weight excluding hydrogens is 995 g/mol. The normalized spacial score (nSPS) is 20.3. The first-order valence-corrected chi connectivity index (χ1v) is 27.5. The predicted molar refractivity (Wildman–Crippen MR) is 298 cm³/mol. The number of para-hydroxylation sites is 1. The number of aromatic carboxylic acids is 1. The minimum absolute atomic E-state index is 0.0395. The number of piperidine rings is 1. The maximum atomic E-state index is 13.7. The number of nitrogens with zero attached hydrogens (tertiary/aromatic N) is 9. The zero-order chi connectivity index (χ0) is 53.5. The Morgan fingerprint density at radius 2 is 1.66 bits per heavy atom. The number of carboxylic acid groups (broad SMARTS) is 1. The van der Waals surface area contributed by atoms with Crippen LogP contribution < -0.4 is 25.2 Å². The summed E-state index contributed by atoms with van der Waals surface area (Å²) in [6.45, 7) is 13.6. The van der Waals surface area contributed by atoms with Crippen molar-refractivity contribution >= 4 is 72.8 Å². The van der Waals surface area contributed by atoms with Crippen LogP contribution in [0.15, 0.2) is 91.0 Å². The van der Waals surface area contributed by atoms with Crippen LogP contribution in [-0.4, -0.2) is 152 Å². The van der Waals surface area contributed by atoms with E-state index in [4.69, 9.17) is 14.8 Å². The van der Waals surface area contributed by atoms with Crippen LogP contribution in [0.1, 0.15) is 82.3 Å². The molecule has 77 heavy (non-hydrogen) atoms. The van der Waals surface area contributed by atoms with Crippen molar-refractivity contribution in [3.63, 3.8) is 0 Å². The van der Waals surface area contributed by atoms with Crippen LogP contribution in [0.2, 0.25) is 0 Å². The lowest BCUT2D eigenvalue weighted by Crippen LogP contribution is -2.60. The van der Waals surface area contributed by atoms with Crippen LogP contribution in [0.3, 0.4) is 0 Å². The molecule has 0 aliphatic carbocycles. The Balaban J connectivity index is 0.643. The number of aromatic nitrogens is 4. The number of pyridine rings is 1. The van der Waals surface area contributed by atoms with Gasteiger partial charge in [0.25, 0.3) is 5.91 Å². The number of benzene rings is 4. The van der Waals surface area contributed by atoms with E-state index < -0.39 is 12.2 Å². The number of thiazole rings is 1. The topological polar surface area (TPSA) is 202 Å². The van der Waals surface area contributed by atoms with Gasteiger partial charge in [-0.1, -0.05) is 41.7 Å². The monoisotopic (exact) mass is 1060 g/mol. The van der Waals surface area contributed by atoms with Gasteiger partial charge in [-0.05, 0) is 123 Å². The number of rotatable bonds is 14. The van der Waals surface area contributed by atoms with Gasteiger partial charge in [0, 0.05) is 113 Å². The van der Waals surface area contributed by atoms with Crippen molar-refractivity contribution in [1.29, 1.82) is 0 Å². The number of carbonyl (C=O) groups is 4. The summed E-state index contributed by atoms with van der Waals surface area (Å²) in [6.07, 6.45) is 1.47. The zero-order valence-electron chi connectivity index (χ0n) is 43.9. The van der Waals surface area contributed by atoms with E-state index in [0.29, 0.717) is 86.4 Å². The summed E-state index contributed by atoms with van der Waals surface area (Å²) in [5.74, 6) is -0.348. The molecule has 19 heteroatoms. The molecule has 4 aliphatic rings. The number of aliphatic hydroxyl groups is 1. The fourth-order valence-electron chi connectivity index (χ4n) is 11.8. The van der Waals surface area contributed by atoms with Gasteiger partial charge in [-0.25, -0.2) is 14.8 Å². The number of aliphatic hydroxyl groups excluding tert-OH is 1. The molecule has 3 amide bonds. The van der Waals surface area contributed by atoms with Gasteiger partial charge in [0.1, 0.15) is 17.8 Å². The molecule has 11 rings (SSSR count). The molecule has 4 unspecified atom stereocenters. The van der Waals surface area contributed by atoms with Crippen molar-refractivity contribution in [2.75, 3.05) is 80.6 Å².